The Kier molecular flexibility index (Phi) is 4.79. The summed E-state index contributed by atoms with van der Waals surface area (Å²) in [4.78, 5) is 15.1. The van der Waals surface area contributed by atoms with Crippen LogP contribution in [0.15, 0.2) is 29.3 Å². The largest absolute Gasteiger partial charge is 0.469 e. The van der Waals surface area contributed by atoms with E-state index in [0.29, 0.717) is 11.5 Å². The lowest BCUT2D eigenvalue weighted by molar-refractivity contribution is -0.139. The van der Waals surface area contributed by atoms with Crippen molar-refractivity contribution in [1.29, 1.82) is 0 Å². The number of rotatable bonds is 4. The molecule has 0 amide bonds. The van der Waals surface area contributed by atoms with Crippen LogP contribution in [-0.2, 0) is 16.0 Å². The molecule has 1 aromatic rings. The van der Waals surface area contributed by atoms with Crippen molar-refractivity contribution in [3.8, 4) is 0 Å². The van der Waals surface area contributed by atoms with Crippen molar-refractivity contribution < 1.29 is 9.53 Å². The molecule has 0 aromatic heterocycles. The van der Waals surface area contributed by atoms with E-state index in [1.807, 2.05) is 0 Å². The molecule has 0 aliphatic rings. The van der Waals surface area contributed by atoms with E-state index in [-0.39, 0.29) is 18.3 Å². The summed E-state index contributed by atoms with van der Waals surface area (Å²) in [5.41, 5.74) is 7.07. The Morgan fingerprint density at radius 2 is 2.06 bits per heavy atom. The normalized spacial score (nSPS) is 11.2. The quantitative estimate of drug-likeness (QED) is 0.377. The highest BCUT2D eigenvalue weighted by molar-refractivity contribution is 6.28. The number of amidine groups is 1. The maximum atomic E-state index is 11.0. The molecule has 5 heteroatoms. The summed E-state index contributed by atoms with van der Waals surface area (Å²) in [5, 5.41) is 0. The summed E-state index contributed by atoms with van der Waals surface area (Å²) in [5.74, 6) is 0.295. The molecule has 1 rings (SSSR count). The van der Waals surface area contributed by atoms with Gasteiger partial charge in [-0.25, -0.2) is 4.99 Å². The molecule has 1 aromatic carbocycles. The summed E-state index contributed by atoms with van der Waals surface area (Å²) >= 11 is 5.50. The number of methoxy groups -OCH3 is 1. The van der Waals surface area contributed by atoms with Crippen LogP contribution in [0.4, 0.5) is 5.69 Å². The Morgan fingerprint density at radius 1 is 1.44 bits per heavy atom. The molecular weight excluding hydrogens is 228 g/mol. The van der Waals surface area contributed by atoms with Gasteiger partial charge in [-0.15, -0.1) is 11.6 Å². The van der Waals surface area contributed by atoms with Crippen molar-refractivity contribution in [2.24, 2.45) is 10.7 Å². The number of ether oxygens (including phenoxy) is 1. The molecule has 0 saturated heterocycles. The minimum Gasteiger partial charge on any atom is -0.469 e. The number of carbonyl (C=O) groups excluding carboxylic acids is 1. The molecule has 0 unspecified atom stereocenters. The van der Waals surface area contributed by atoms with Crippen LogP contribution in [0.1, 0.15) is 5.56 Å². The highest BCUT2D eigenvalue weighted by Gasteiger charge is 2.02. The van der Waals surface area contributed by atoms with Gasteiger partial charge in [0.2, 0.25) is 0 Å². The van der Waals surface area contributed by atoms with Gasteiger partial charge in [0.1, 0.15) is 5.84 Å². The molecule has 0 heterocycles. The average Bonchev–Trinajstić information content (AvgIpc) is 2.31. The SMILES string of the molecule is COC(=O)Cc1ccc(N=C(N)CCl)cc1. The number of hydrogen-bond acceptors (Lipinski definition) is 3. The van der Waals surface area contributed by atoms with Crippen molar-refractivity contribution in [2.75, 3.05) is 13.0 Å². The second kappa shape index (κ2) is 6.12. The molecule has 86 valence electrons. The maximum absolute atomic E-state index is 11.0. The lowest BCUT2D eigenvalue weighted by Gasteiger charge is -2.01. The summed E-state index contributed by atoms with van der Waals surface area (Å²) in [6.45, 7) is 0. The third-order valence-electron chi connectivity index (χ3n) is 1.92. The number of benzene rings is 1. The molecule has 16 heavy (non-hydrogen) atoms. The number of aliphatic imine (C=N–C) groups is 1. The molecular formula is C11H13ClN2O2. The fraction of sp³-hybridized carbons (Fsp3) is 0.273. The number of esters is 1. The van der Waals surface area contributed by atoms with Crippen LogP contribution in [0.2, 0.25) is 0 Å². The van der Waals surface area contributed by atoms with Crippen LogP contribution >= 0.6 is 11.6 Å². The molecule has 0 aliphatic carbocycles. The van der Waals surface area contributed by atoms with Crippen LogP contribution in [0.3, 0.4) is 0 Å². The van der Waals surface area contributed by atoms with Crippen molar-refractivity contribution in [1.82, 2.24) is 0 Å². The Balaban J connectivity index is 2.72. The molecule has 4 nitrogen and oxygen atoms in total. The minimum atomic E-state index is -0.267. The van der Waals surface area contributed by atoms with Gasteiger partial charge in [0.05, 0.1) is 25.1 Å². The minimum absolute atomic E-state index is 0.198. The molecule has 0 fully saturated rings. The number of nitrogens with two attached hydrogens (primary N) is 1. The molecule has 0 aliphatic heterocycles. The molecule has 0 atom stereocenters. The van der Waals surface area contributed by atoms with E-state index in [1.54, 1.807) is 24.3 Å². The van der Waals surface area contributed by atoms with Crippen molar-refractivity contribution in [3.05, 3.63) is 29.8 Å². The number of nitrogens with zero attached hydrogens (tertiary/aromatic N) is 1. The average molecular weight is 241 g/mol. The van der Waals surface area contributed by atoms with Gasteiger partial charge in [-0.3, -0.25) is 4.79 Å². The molecule has 0 radical (unpaired) electrons. The van der Waals surface area contributed by atoms with Crippen molar-refractivity contribution >= 4 is 29.1 Å². The summed E-state index contributed by atoms with van der Waals surface area (Å²) < 4.78 is 4.56. The first-order chi connectivity index (χ1) is 7.65. The lowest BCUT2D eigenvalue weighted by atomic mass is 10.1. The van der Waals surface area contributed by atoms with Crippen LogP contribution in [0.5, 0.6) is 0 Å². The van der Waals surface area contributed by atoms with Gasteiger partial charge in [-0.2, -0.15) is 0 Å². The number of hydrogen-bond donors (Lipinski definition) is 1. The zero-order valence-corrected chi connectivity index (χ0v) is 9.70. The van der Waals surface area contributed by atoms with E-state index >= 15 is 0 Å². The predicted molar refractivity (Wildman–Crippen MR) is 64.2 cm³/mol. The monoisotopic (exact) mass is 240 g/mol. The zero-order valence-electron chi connectivity index (χ0n) is 8.94. The van der Waals surface area contributed by atoms with Gasteiger partial charge in [-0.1, -0.05) is 12.1 Å². The van der Waals surface area contributed by atoms with E-state index in [1.165, 1.54) is 7.11 Å². The first kappa shape index (κ1) is 12.5. The van der Waals surface area contributed by atoms with Gasteiger partial charge in [-0.05, 0) is 17.7 Å². The van der Waals surface area contributed by atoms with Gasteiger partial charge >= 0.3 is 5.97 Å². The second-order valence-corrected chi connectivity index (χ2v) is 3.42. The second-order valence-electron chi connectivity index (χ2n) is 3.16. The number of alkyl halides is 1. The predicted octanol–water partition coefficient (Wildman–Crippen LogP) is 1.63. The highest BCUT2D eigenvalue weighted by atomic mass is 35.5. The van der Waals surface area contributed by atoms with Crippen LogP contribution in [0.25, 0.3) is 0 Å². The Labute approximate surface area is 99.1 Å². The van der Waals surface area contributed by atoms with Crippen LogP contribution < -0.4 is 5.73 Å². The summed E-state index contributed by atoms with van der Waals surface area (Å²) in [6, 6.07) is 7.16. The zero-order chi connectivity index (χ0) is 12.0. The molecule has 0 spiro atoms. The third-order valence-corrected chi connectivity index (χ3v) is 2.20. The van der Waals surface area contributed by atoms with Crippen molar-refractivity contribution in [2.45, 2.75) is 6.42 Å². The van der Waals surface area contributed by atoms with Crippen LogP contribution in [-0.4, -0.2) is 24.8 Å². The van der Waals surface area contributed by atoms with E-state index in [2.05, 4.69) is 9.73 Å². The van der Waals surface area contributed by atoms with E-state index in [0.717, 1.165) is 5.56 Å². The fourth-order valence-electron chi connectivity index (χ4n) is 1.12. The van der Waals surface area contributed by atoms with E-state index in [4.69, 9.17) is 17.3 Å². The number of carbonyl (C=O) groups is 1. The molecule has 0 bridgehead atoms. The van der Waals surface area contributed by atoms with E-state index < -0.39 is 0 Å². The van der Waals surface area contributed by atoms with Crippen molar-refractivity contribution in [3.63, 3.8) is 0 Å². The summed E-state index contributed by atoms with van der Waals surface area (Å²) in [7, 11) is 1.36. The van der Waals surface area contributed by atoms with Gasteiger partial charge < -0.3 is 10.5 Å². The third kappa shape index (κ3) is 3.90. The van der Waals surface area contributed by atoms with Crippen LogP contribution in [0, 0.1) is 0 Å². The highest BCUT2D eigenvalue weighted by Crippen LogP contribution is 2.13. The summed E-state index contributed by atoms with van der Waals surface area (Å²) in [6.07, 6.45) is 0.255. The van der Waals surface area contributed by atoms with Gasteiger partial charge in [0.25, 0.3) is 0 Å². The Hall–Kier alpha value is -1.55. The smallest absolute Gasteiger partial charge is 0.309 e. The topological polar surface area (TPSA) is 64.7 Å². The fourth-order valence-corrected chi connectivity index (χ4v) is 1.18. The van der Waals surface area contributed by atoms with Gasteiger partial charge in [0.15, 0.2) is 0 Å². The molecule has 0 saturated carbocycles. The standard InChI is InChI=1S/C11H13ClN2O2/c1-16-11(15)6-8-2-4-9(5-3-8)14-10(13)7-12/h2-5H,6-7H2,1H3,(H2,13,14). The Bertz CT molecular complexity index is 387. The molecule has 2 N–H and O–H groups in total. The maximum Gasteiger partial charge on any atom is 0.309 e. The van der Waals surface area contributed by atoms with Gasteiger partial charge in [0, 0.05) is 0 Å². The number of halogens is 1. The lowest BCUT2D eigenvalue weighted by Crippen LogP contribution is -2.12. The van der Waals surface area contributed by atoms with E-state index in [9.17, 15) is 4.79 Å². The first-order valence-corrected chi connectivity index (χ1v) is 5.24. The first-order valence-electron chi connectivity index (χ1n) is 4.70. The Morgan fingerprint density at radius 3 is 2.56 bits per heavy atom.